The van der Waals surface area contributed by atoms with Crippen molar-refractivity contribution in [2.24, 2.45) is 0 Å². The maximum atomic E-state index is 12.5. The van der Waals surface area contributed by atoms with Crippen molar-refractivity contribution < 1.29 is 19.1 Å². The smallest absolute Gasteiger partial charge is 0.255 e. The molecule has 154 valence electrons. The van der Waals surface area contributed by atoms with Gasteiger partial charge in [-0.05, 0) is 64.0 Å². The van der Waals surface area contributed by atoms with Crippen molar-refractivity contribution in [3.05, 3.63) is 82.3 Å². The average Bonchev–Trinajstić information content (AvgIpc) is 2.76. The number of carbonyl (C=O) groups is 2. The second kappa shape index (κ2) is 9.93. The van der Waals surface area contributed by atoms with E-state index >= 15 is 0 Å². The Morgan fingerprint density at radius 3 is 2.30 bits per heavy atom. The molecular weight excluding hydrogens is 448 g/mol. The van der Waals surface area contributed by atoms with Crippen molar-refractivity contribution in [2.75, 3.05) is 24.9 Å². The first-order valence-electron chi connectivity index (χ1n) is 9.17. The van der Waals surface area contributed by atoms with Crippen LogP contribution < -0.4 is 20.1 Å². The Bertz CT molecular complexity index is 1050. The van der Waals surface area contributed by atoms with Gasteiger partial charge in [0, 0.05) is 15.7 Å². The van der Waals surface area contributed by atoms with Crippen LogP contribution in [0.1, 0.15) is 15.9 Å². The molecule has 0 fully saturated rings. The van der Waals surface area contributed by atoms with Crippen LogP contribution in [-0.4, -0.2) is 26.0 Å². The Labute approximate surface area is 183 Å². The van der Waals surface area contributed by atoms with Crippen molar-refractivity contribution in [3.63, 3.8) is 0 Å². The summed E-state index contributed by atoms with van der Waals surface area (Å²) in [6, 6.07) is 19.5. The predicted molar refractivity (Wildman–Crippen MR) is 120 cm³/mol. The molecule has 0 unspecified atom stereocenters. The van der Waals surface area contributed by atoms with Gasteiger partial charge >= 0.3 is 0 Å². The van der Waals surface area contributed by atoms with Crippen molar-refractivity contribution in [3.8, 4) is 11.5 Å². The summed E-state index contributed by atoms with van der Waals surface area (Å²) in [4.78, 5) is 24.9. The highest BCUT2D eigenvalue weighted by molar-refractivity contribution is 9.10. The number of benzene rings is 3. The molecule has 0 saturated carbocycles. The second-order valence-corrected chi connectivity index (χ2v) is 7.28. The summed E-state index contributed by atoms with van der Waals surface area (Å²) in [5, 5.41) is 5.70. The standard InChI is InChI=1S/C23H21BrN2O4/c1-29-20-11-8-15(12-21(20)30-2)13-22(27)25-17-9-10-18(24)19(14-17)26-23(28)16-6-4-3-5-7-16/h3-12,14H,13H2,1-2H3,(H,25,27)(H,26,28). The molecule has 0 aliphatic heterocycles. The molecule has 0 aliphatic carbocycles. The van der Waals surface area contributed by atoms with Gasteiger partial charge < -0.3 is 20.1 Å². The Kier molecular flexibility index (Phi) is 7.08. The van der Waals surface area contributed by atoms with Gasteiger partial charge in [-0.3, -0.25) is 9.59 Å². The lowest BCUT2D eigenvalue weighted by Gasteiger charge is -2.12. The van der Waals surface area contributed by atoms with E-state index in [4.69, 9.17) is 9.47 Å². The molecule has 3 aromatic rings. The van der Waals surface area contributed by atoms with Gasteiger partial charge in [-0.2, -0.15) is 0 Å². The number of carbonyl (C=O) groups excluding carboxylic acids is 2. The number of anilines is 2. The van der Waals surface area contributed by atoms with E-state index in [-0.39, 0.29) is 18.2 Å². The molecule has 30 heavy (non-hydrogen) atoms. The van der Waals surface area contributed by atoms with Crippen LogP contribution in [0.25, 0.3) is 0 Å². The number of rotatable bonds is 7. The number of halogens is 1. The van der Waals surface area contributed by atoms with Crippen molar-refractivity contribution in [1.82, 2.24) is 0 Å². The maximum Gasteiger partial charge on any atom is 0.255 e. The van der Waals surface area contributed by atoms with Crippen molar-refractivity contribution in [2.45, 2.75) is 6.42 Å². The second-order valence-electron chi connectivity index (χ2n) is 6.43. The molecule has 0 aromatic heterocycles. The minimum Gasteiger partial charge on any atom is -0.493 e. The average molecular weight is 469 g/mol. The number of nitrogens with one attached hydrogen (secondary N) is 2. The molecule has 0 bridgehead atoms. The van der Waals surface area contributed by atoms with Crippen LogP contribution in [0, 0.1) is 0 Å². The topological polar surface area (TPSA) is 76.7 Å². The van der Waals surface area contributed by atoms with E-state index in [0.717, 1.165) is 5.56 Å². The lowest BCUT2D eigenvalue weighted by atomic mass is 10.1. The normalized spacial score (nSPS) is 10.2. The first-order chi connectivity index (χ1) is 14.5. The summed E-state index contributed by atoms with van der Waals surface area (Å²) >= 11 is 3.43. The third-order valence-electron chi connectivity index (χ3n) is 4.35. The minimum absolute atomic E-state index is 0.169. The van der Waals surface area contributed by atoms with Crippen molar-refractivity contribution in [1.29, 1.82) is 0 Å². The Hall–Kier alpha value is -3.32. The van der Waals surface area contributed by atoms with Crippen LogP contribution in [0.3, 0.4) is 0 Å². The summed E-state index contributed by atoms with van der Waals surface area (Å²) in [5.74, 6) is 0.751. The van der Waals surface area contributed by atoms with Gasteiger partial charge in [0.1, 0.15) is 0 Å². The fraction of sp³-hybridized carbons (Fsp3) is 0.130. The molecule has 2 amide bonds. The molecule has 6 nitrogen and oxygen atoms in total. The Balaban J connectivity index is 1.69. The molecular formula is C23H21BrN2O4. The quantitative estimate of drug-likeness (QED) is 0.516. The van der Waals surface area contributed by atoms with Gasteiger partial charge in [-0.1, -0.05) is 24.3 Å². The van der Waals surface area contributed by atoms with Gasteiger partial charge in [0.25, 0.3) is 5.91 Å². The fourth-order valence-corrected chi connectivity index (χ4v) is 3.21. The molecule has 0 spiro atoms. The molecule has 3 rings (SSSR count). The SMILES string of the molecule is COc1ccc(CC(=O)Nc2ccc(Br)c(NC(=O)c3ccccc3)c2)cc1OC. The first-order valence-corrected chi connectivity index (χ1v) is 9.96. The zero-order chi connectivity index (χ0) is 21.5. The van der Waals surface area contributed by atoms with Crippen LogP contribution in [-0.2, 0) is 11.2 Å². The predicted octanol–water partition coefficient (Wildman–Crippen LogP) is 4.90. The molecule has 0 saturated heterocycles. The van der Waals surface area contributed by atoms with Gasteiger partial charge in [0.05, 0.1) is 26.3 Å². The third-order valence-corrected chi connectivity index (χ3v) is 5.04. The molecule has 2 N–H and O–H groups in total. The largest absolute Gasteiger partial charge is 0.493 e. The van der Waals surface area contributed by atoms with E-state index in [0.29, 0.717) is 32.9 Å². The summed E-state index contributed by atoms with van der Waals surface area (Å²) in [6.45, 7) is 0. The lowest BCUT2D eigenvalue weighted by Crippen LogP contribution is -2.15. The molecule has 0 radical (unpaired) electrons. The number of hydrogen-bond acceptors (Lipinski definition) is 4. The summed E-state index contributed by atoms with van der Waals surface area (Å²) in [7, 11) is 3.11. The highest BCUT2D eigenvalue weighted by Gasteiger charge is 2.12. The molecule has 3 aromatic carbocycles. The van der Waals surface area contributed by atoms with Gasteiger partial charge in [0.2, 0.25) is 5.91 Å². The number of methoxy groups -OCH3 is 2. The Morgan fingerprint density at radius 1 is 0.867 bits per heavy atom. The molecule has 0 aliphatic rings. The molecule has 0 heterocycles. The van der Waals surface area contributed by atoms with Crippen molar-refractivity contribution >= 4 is 39.1 Å². The van der Waals surface area contributed by atoms with E-state index < -0.39 is 0 Å². The van der Waals surface area contributed by atoms with E-state index in [1.54, 1.807) is 68.8 Å². The van der Waals surface area contributed by atoms with E-state index in [2.05, 4.69) is 26.6 Å². The zero-order valence-electron chi connectivity index (χ0n) is 16.6. The summed E-state index contributed by atoms with van der Waals surface area (Å²) in [5.41, 5.74) is 2.48. The van der Waals surface area contributed by atoms with Gasteiger partial charge in [-0.15, -0.1) is 0 Å². The number of amides is 2. The van der Waals surface area contributed by atoms with Crippen LogP contribution in [0.2, 0.25) is 0 Å². The zero-order valence-corrected chi connectivity index (χ0v) is 18.2. The Morgan fingerprint density at radius 2 is 1.60 bits per heavy atom. The van der Waals surface area contributed by atoms with Gasteiger partial charge in [0.15, 0.2) is 11.5 Å². The molecule has 0 atom stereocenters. The first kappa shape index (κ1) is 21.4. The minimum atomic E-state index is -0.231. The lowest BCUT2D eigenvalue weighted by molar-refractivity contribution is -0.115. The van der Waals surface area contributed by atoms with E-state index in [9.17, 15) is 9.59 Å². The summed E-state index contributed by atoms with van der Waals surface area (Å²) < 4.78 is 11.2. The monoisotopic (exact) mass is 468 g/mol. The number of hydrogen-bond donors (Lipinski definition) is 2. The van der Waals surface area contributed by atoms with Crippen LogP contribution in [0.4, 0.5) is 11.4 Å². The maximum absolute atomic E-state index is 12.5. The third kappa shape index (κ3) is 5.39. The fourth-order valence-electron chi connectivity index (χ4n) is 2.86. The van der Waals surface area contributed by atoms with Gasteiger partial charge in [-0.25, -0.2) is 0 Å². The van der Waals surface area contributed by atoms with Crippen LogP contribution in [0.15, 0.2) is 71.2 Å². The van der Waals surface area contributed by atoms with E-state index in [1.807, 2.05) is 12.1 Å². The molecule has 7 heteroatoms. The van der Waals surface area contributed by atoms with Crippen LogP contribution >= 0.6 is 15.9 Å². The summed E-state index contributed by atoms with van der Waals surface area (Å²) in [6.07, 6.45) is 0.169. The number of ether oxygens (including phenoxy) is 2. The van der Waals surface area contributed by atoms with Crippen LogP contribution in [0.5, 0.6) is 11.5 Å². The highest BCUT2D eigenvalue weighted by Crippen LogP contribution is 2.29. The van der Waals surface area contributed by atoms with E-state index in [1.165, 1.54) is 0 Å². The highest BCUT2D eigenvalue weighted by atomic mass is 79.9.